The van der Waals surface area contributed by atoms with Crippen molar-refractivity contribution in [3.63, 3.8) is 0 Å². The van der Waals surface area contributed by atoms with Crippen molar-refractivity contribution < 1.29 is 4.79 Å². The van der Waals surface area contributed by atoms with Crippen LogP contribution in [0.4, 0.5) is 5.69 Å². The summed E-state index contributed by atoms with van der Waals surface area (Å²) in [7, 11) is 0. The van der Waals surface area contributed by atoms with E-state index < -0.39 is 0 Å². The van der Waals surface area contributed by atoms with Crippen LogP contribution < -0.4 is 5.32 Å². The van der Waals surface area contributed by atoms with Gasteiger partial charge in [0, 0.05) is 21.8 Å². The highest BCUT2D eigenvalue weighted by atomic mass is 79.9. The van der Waals surface area contributed by atoms with Crippen LogP contribution in [0.5, 0.6) is 0 Å². The summed E-state index contributed by atoms with van der Waals surface area (Å²) >= 11 is 4.97. The lowest BCUT2D eigenvalue weighted by Crippen LogP contribution is -2.17. The van der Waals surface area contributed by atoms with Gasteiger partial charge in [-0.2, -0.15) is 0 Å². The van der Waals surface area contributed by atoms with Crippen molar-refractivity contribution in [2.24, 2.45) is 0 Å². The topological polar surface area (TPSA) is 59.8 Å². The molecular weight excluding hydrogens is 472 g/mol. The van der Waals surface area contributed by atoms with Gasteiger partial charge in [-0.15, -0.1) is 10.2 Å². The Hall–Kier alpha value is -2.12. The van der Waals surface area contributed by atoms with Crippen molar-refractivity contribution in [2.45, 2.75) is 56.6 Å². The molecule has 1 aliphatic rings. The summed E-state index contributed by atoms with van der Waals surface area (Å²) in [6.07, 6.45) is 6.98. The lowest BCUT2D eigenvalue weighted by molar-refractivity contribution is -0.113. The number of thioether (sulfide) groups is 1. The summed E-state index contributed by atoms with van der Waals surface area (Å²) < 4.78 is 3.30. The minimum absolute atomic E-state index is 0.0300. The molecule has 0 atom stereocenters. The van der Waals surface area contributed by atoms with Crippen LogP contribution in [0, 0.1) is 0 Å². The first-order valence-corrected chi connectivity index (χ1v) is 12.6. The summed E-state index contributed by atoms with van der Waals surface area (Å²) in [5.41, 5.74) is 3.13. The fraction of sp³-hybridized carbons (Fsp3) is 0.375. The number of carbonyl (C=O) groups excluding carboxylic acids is 1. The van der Waals surface area contributed by atoms with E-state index in [2.05, 4.69) is 55.1 Å². The average molecular weight is 499 g/mol. The van der Waals surface area contributed by atoms with Gasteiger partial charge < -0.3 is 5.32 Å². The van der Waals surface area contributed by atoms with E-state index in [9.17, 15) is 4.79 Å². The van der Waals surface area contributed by atoms with E-state index in [0.29, 0.717) is 11.8 Å². The maximum absolute atomic E-state index is 12.5. The number of aromatic nitrogens is 3. The molecule has 1 saturated carbocycles. The molecule has 1 fully saturated rings. The quantitative estimate of drug-likeness (QED) is 0.377. The van der Waals surface area contributed by atoms with Crippen LogP contribution in [0.15, 0.2) is 58.2 Å². The molecule has 4 rings (SSSR count). The van der Waals surface area contributed by atoms with E-state index in [0.717, 1.165) is 46.0 Å². The minimum atomic E-state index is -0.0300. The first-order chi connectivity index (χ1) is 15.1. The highest BCUT2D eigenvalue weighted by Crippen LogP contribution is 2.35. The van der Waals surface area contributed by atoms with Gasteiger partial charge in [-0.3, -0.25) is 9.36 Å². The number of hydrogen-bond acceptors (Lipinski definition) is 4. The number of rotatable bonds is 7. The minimum Gasteiger partial charge on any atom is -0.325 e. The molecule has 1 amide bonds. The third-order valence-electron chi connectivity index (χ3n) is 5.69. The Balaban J connectivity index is 1.50. The second-order valence-corrected chi connectivity index (χ2v) is 9.72. The Morgan fingerprint density at radius 3 is 2.45 bits per heavy atom. The first kappa shape index (κ1) is 22.1. The Morgan fingerprint density at radius 1 is 1.06 bits per heavy atom. The van der Waals surface area contributed by atoms with E-state index in [1.807, 2.05) is 36.4 Å². The molecular formula is C24H27BrN4OS. The SMILES string of the molecule is CCc1ccc(NC(=O)CSc2nnc(-c3ccc(Br)cc3)n2C2CCCCC2)cc1. The van der Waals surface area contributed by atoms with Crippen molar-refractivity contribution in [1.29, 1.82) is 0 Å². The maximum Gasteiger partial charge on any atom is 0.234 e. The lowest BCUT2D eigenvalue weighted by Gasteiger charge is -2.25. The van der Waals surface area contributed by atoms with Gasteiger partial charge in [0.15, 0.2) is 11.0 Å². The summed E-state index contributed by atoms with van der Waals surface area (Å²) in [6, 6.07) is 16.6. The van der Waals surface area contributed by atoms with Gasteiger partial charge >= 0.3 is 0 Å². The van der Waals surface area contributed by atoms with Crippen molar-refractivity contribution in [1.82, 2.24) is 14.8 Å². The number of aryl methyl sites for hydroxylation is 1. The predicted molar refractivity (Wildman–Crippen MR) is 130 cm³/mol. The highest BCUT2D eigenvalue weighted by Gasteiger charge is 2.24. The second-order valence-electron chi connectivity index (χ2n) is 7.86. The number of amides is 1. The summed E-state index contributed by atoms with van der Waals surface area (Å²) in [4.78, 5) is 12.5. The van der Waals surface area contributed by atoms with Crippen LogP contribution in [0.1, 0.15) is 50.6 Å². The van der Waals surface area contributed by atoms with Gasteiger partial charge in [0.25, 0.3) is 0 Å². The van der Waals surface area contributed by atoms with E-state index in [-0.39, 0.29) is 5.91 Å². The number of carbonyl (C=O) groups is 1. The number of nitrogens with one attached hydrogen (secondary N) is 1. The van der Waals surface area contributed by atoms with Gasteiger partial charge in [-0.25, -0.2) is 0 Å². The fourth-order valence-corrected chi connectivity index (χ4v) is 5.06. The fourth-order valence-electron chi connectivity index (χ4n) is 3.99. The molecule has 1 heterocycles. The summed E-state index contributed by atoms with van der Waals surface area (Å²) in [5.74, 6) is 1.16. The van der Waals surface area contributed by atoms with Crippen LogP contribution in [0.3, 0.4) is 0 Å². The molecule has 2 aromatic carbocycles. The third-order valence-corrected chi connectivity index (χ3v) is 7.16. The molecule has 0 radical (unpaired) electrons. The molecule has 1 aliphatic carbocycles. The van der Waals surface area contributed by atoms with Gasteiger partial charge in [0.2, 0.25) is 5.91 Å². The molecule has 5 nitrogen and oxygen atoms in total. The maximum atomic E-state index is 12.5. The normalized spacial score (nSPS) is 14.5. The molecule has 0 aliphatic heterocycles. The first-order valence-electron chi connectivity index (χ1n) is 10.9. The van der Waals surface area contributed by atoms with Crippen molar-refractivity contribution >= 4 is 39.3 Å². The Bertz CT molecular complexity index is 1010. The van der Waals surface area contributed by atoms with Crippen molar-refractivity contribution in [3.05, 3.63) is 58.6 Å². The number of benzene rings is 2. The van der Waals surface area contributed by atoms with Crippen LogP contribution in [-0.2, 0) is 11.2 Å². The molecule has 0 spiro atoms. The Labute approximate surface area is 196 Å². The molecule has 7 heteroatoms. The predicted octanol–water partition coefficient (Wildman–Crippen LogP) is 6.51. The second kappa shape index (κ2) is 10.5. The van der Waals surface area contributed by atoms with E-state index in [4.69, 9.17) is 0 Å². The zero-order chi connectivity index (χ0) is 21.6. The third kappa shape index (κ3) is 5.57. The average Bonchev–Trinajstić information content (AvgIpc) is 3.23. The molecule has 0 unspecified atom stereocenters. The Morgan fingerprint density at radius 2 is 1.77 bits per heavy atom. The van der Waals surface area contributed by atoms with Crippen LogP contribution in [0.2, 0.25) is 0 Å². The largest absolute Gasteiger partial charge is 0.325 e. The number of nitrogens with zero attached hydrogens (tertiary/aromatic N) is 3. The summed E-state index contributed by atoms with van der Waals surface area (Å²) in [5, 5.41) is 12.8. The van der Waals surface area contributed by atoms with E-state index in [1.165, 1.54) is 36.6 Å². The molecule has 1 aromatic heterocycles. The molecule has 0 bridgehead atoms. The molecule has 0 saturated heterocycles. The van der Waals surface area contributed by atoms with Gasteiger partial charge in [0.05, 0.1) is 5.75 Å². The molecule has 1 N–H and O–H groups in total. The van der Waals surface area contributed by atoms with Gasteiger partial charge in [-0.05, 0) is 49.1 Å². The number of anilines is 1. The smallest absolute Gasteiger partial charge is 0.234 e. The number of hydrogen-bond donors (Lipinski definition) is 1. The van der Waals surface area contributed by atoms with Gasteiger partial charge in [0.1, 0.15) is 0 Å². The molecule has 162 valence electrons. The van der Waals surface area contributed by atoms with Crippen molar-refractivity contribution in [2.75, 3.05) is 11.1 Å². The Kier molecular flexibility index (Phi) is 7.45. The summed E-state index contributed by atoms with van der Waals surface area (Å²) in [6.45, 7) is 2.12. The van der Waals surface area contributed by atoms with Gasteiger partial charge in [-0.1, -0.05) is 78.1 Å². The zero-order valence-corrected chi connectivity index (χ0v) is 20.1. The van der Waals surface area contributed by atoms with E-state index >= 15 is 0 Å². The van der Waals surface area contributed by atoms with Crippen LogP contribution >= 0.6 is 27.7 Å². The standard InChI is InChI=1S/C24H27BrN4OS/c1-2-17-8-14-20(15-9-17)26-22(30)16-31-24-28-27-23(18-10-12-19(25)13-11-18)29(24)21-6-4-3-5-7-21/h8-15,21H,2-7,16H2,1H3,(H,26,30). The zero-order valence-electron chi connectivity index (χ0n) is 17.7. The molecule has 3 aromatic rings. The lowest BCUT2D eigenvalue weighted by atomic mass is 9.95. The monoisotopic (exact) mass is 498 g/mol. The van der Waals surface area contributed by atoms with Crippen molar-refractivity contribution in [3.8, 4) is 11.4 Å². The highest BCUT2D eigenvalue weighted by molar-refractivity contribution is 9.10. The number of halogens is 1. The van der Waals surface area contributed by atoms with Crippen LogP contribution in [-0.4, -0.2) is 26.4 Å². The molecule has 31 heavy (non-hydrogen) atoms. The van der Waals surface area contributed by atoms with E-state index in [1.54, 1.807) is 0 Å². The van der Waals surface area contributed by atoms with Crippen LogP contribution in [0.25, 0.3) is 11.4 Å².